The van der Waals surface area contributed by atoms with Gasteiger partial charge in [-0.2, -0.15) is 0 Å². The first kappa shape index (κ1) is 14.7. The number of nitrogens with one attached hydrogen (secondary N) is 1. The van der Waals surface area contributed by atoms with Gasteiger partial charge in [0, 0.05) is 11.4 Å². The highest BCUT2D eigenvalue weighted by Crippen LogP contribution is 2.21. The largest absolute Gasteiger partial charge is 0.480 e. The van der Waals surface area contributed by atoms with Gasteiger partial charge in [0.2, 0.25) is 0 Å². The number of aliphatic carboxylic acids is 1. The van der Waals surface area contributed by atoms with E-state index in [0.717, 1.165) is 19.8 Å². The highest BCUT2D eigenvalue weighted by molar-refractivity contribution is 9.11. The topological polar surface area (TPSA) is 97.1 Å². The van der Waals surface area contributed by atoms with Gasteiger partial charge < -0.3 is 10.4 Å². The van der Waals surface area contributed by atoms with E-state index in [9.17, 15) is 9.59 Å². The summed E-state index contributed by atoms with van der Waals surface area (Å²) in [5.74, 6) is -1.40. The summed E-state index contributed by atoms with van der Waals surface area (Å²) in [4.78, 5) is 23.4. The predicted octanol–water partition coefficient (Wildman–Crippen LogP) is 1.16. The molecule has 0 aliphatic carbocycles. The average Bonchev–Trinajstić information content (AvgIpc) is 2.98. The number of amides is 1. The van der Waals surface area contributed by atoms with Crippen LogP contribution in [0.1, 0.15) is 15.4 Å². The second kappa shape index (κ2) is 6.62. The molecule has 2 heterocycles. The number of carbonyl (C=O) groups excluding carboxylic acids is 1. The number of carboxylic acids is 1. The van der Waals surface area contributed by atoms with E-state index in [2.05, 4.69) is 31.6 Å². The molecule has 0 aliphatic heterocycles. The zero-order valence-electron chi connectivity index (χ0n) is 10.2. The molecule has 0 aliphatic rings. The molecule has 2 aromatic rings. The first-order valence-electron chi connectivity index (χ1n) is 5.69. The van der Waals surface area contributed by atoms with E-state index >= 15 is 0 Å². The van der Waals surface area contributed by atoms with Crippen LogP contribution in [-0.4, -0.2) is 38.5 Å². The minimum absolute atomic E-state index is 0.110. The Kier molecular flexibility index (Phi) is 4.85. The maximum absolute atomic E-state index is 11.8. The second-order valence-corrected chi connectivity index (χ2v) is 6.45. The maximum Gasteiger partial charge on any atom is 0.325 e. The van der Waals surface area contributed by atoms with Gasteiger partial charge in [0.05, 0.1) is 9.98 Å². The third kappa shape index (κ3) is 4.14. The third-order valence-corrected chi connectivity index (χ3v) is 4.04. The van der Waals surface area contributed by atoms with Crippen molar-refractivity contribution >= 4 is 39.1 Å². The Balaban J connectivity index is 1.82. The van der Waals surface area contributed by atoms with Gasteiger partial charge >= 0.3 is 5.97 Å². The fourth-order valence-electron chi connectivity index (χ4n) is 1.49. The minimum atomic E-state index is -1.04. The van der Waals surface area contributed by atoms with Crippen molar-refractivity contribution in [2.75, 3.05) is 6.54 Å². The lowest BCUT2D eigenvalue weighted by Gasteiger charge is -2.00. The Labute approximate surface area is 126 Å². The van der Waals surface area contributed by atoms with Gasteiger partial charge in [0.1, 0.15) is 6.54 Å². The third-order valence-electron chi connectivity index (χ3n) is 2.35. The normalized spacial score (nSPS) is 10.4. The summed E-state index contributed by atoms with van der Waals surface area (Å²) in [5.41, 5.74) is 0.110. The lowest BCUT2D eigenvalue weighted by Crippen LogP contribution is -2.25. The molecule has 2 rings (SSSR count). The first-order chi connectivity index (χ1) is 9.54. The number of nitrogens with zero attached hydrogens (tertiary/aromatic N) is 3. The van der Waals surface area contributed by atoms with Crippen molar-refractivity contribution in [3.63, 3.8) is 0 Å². The molecule has 0 unspecified atom stereocenters. The van der Waals surface area contributed by atoms with Crippen LogP contribution in [0.3, 0.4) is 0 Å². The van der Waals surface area contributed by atoms with E-state index in [0.29, 0.717) is 6.54 Å². The molecular formula is C11H11BrN4O3S. The number of thiophene rings is 1. The molecule has 2 aromatic heterocycles. The predicted molar refractivity (Wildman–Crippen MR) is 75.7 cm³/mol. The molecule has 0 aromatic carbocycles. The Morgan fingerprint density at radius 3 is 2.90 bits per heavy atom. The Morgan fingerprint density at radius 1 is 1.45 bits per heavy atom. The molecule has 0 saturated heterocycles. The fraction of sp³-hybridized carbons (Fsp3) is 0.273. The summed E-state index contributed by atoms with van der Waals surface area (Å²) in [6.45, 7) is 0.168. The van der Waals surface area contributed by atoms with Crippen LogP contribution in [0.25, 0.3) is 0 Å². The zero-order chi connectivity index (χ0) is 14.5. The highest BCUT2D eigenvalue weighted by atomic mass is 79.9. The van der Waals surface area contributed by atoms with Crippen LogP contribution in [0, 0.1) is 0 Å². The molecule has 0 spiro atoms. The minimum Gasteiger partial charge on any atom is -0.480 e. The quantitative estimate of drug-likeness (QED) is 0.807. The zero-order valence-corrected chi connectivity index (χ0v) is 12.6. The summed E-state index contributed by atoms with van der Waals surface area (Å²) in [5, 5.41) is 18.5. The molecule has 0 saturated carbocycles. The van der Waals surface area contributed by atoms with E-state index in [1.54, 1.807) is 11.3 Å². The molecule has 1 amide bonds. The van der Waals surface area contributed by atoms with E-state index in [4.69, 9.17) is 5.11 Å². The van der Waals surface area contributed by atoms with Crippen molar-refractivity contribution in [3.05, 3.63) is 32.7 Å². The maximum atomic E-state index is 11.8. The number of halogens is 1. The van der Waals surface area contributed by atoms with Gasteiger partial charge in [-0.15, -0.1) is 16.4 Å². The van der Waals surface area contributed by atoms with Crippen LogP contribution in [0.4, 0.5) is 0 Å². The van der Waals surface area contributed by atoms with Crippen LogP contribution >= 0.6 is 27.3 Å². The Morgan fingerprint density at radius 2 is 2.25 bits per heavy atom. The number of hydrogen-bond acceptors (Lipinski definition) is 5. The lowest BCUT2D eigenvalue weighted by molar-refractivity contribution is -0.137. The summed E-state index contributed by atoms with van der Waals surface area (Å²) in [6, 6.07) is 3.95. The molecule has 0 atom stereocenters. The molecule has 9 heteroatoms. The number of rotatable bonds is 6. The highest BCUT2D eigenvalue weighted by Gasteiger charge is 2.11. The first-order valence-corrected chi connectivity index (χ1v) is 7.30. The summed E-state index contributed by atoms with van der Waals surface area (Å²) in [7, 11) is 0. The Bertz CT molecular complexity index is 625. The van der Waals surface area contributed by atoms with Crippen LogP contribution in [0.15, 0.2) is 22.1 Å². The smallest absolute Gasteiger partial charge is 0.325 e. The van der Waals surface area contributed by atoms with Crippen molar-refractivity contribution < 1.29 is 14.7 Å². The van der Waals surface area contributed by atoms with Crippen molar-refractivity contribution in [1.29, 1.82) is 0 Å². The van der Waals surface area contributed by atoms with E-state index in [1.807, 2.05) is 12.1 Å². The van der Waals surface area contributed by atoms with Gasteiger partial charge in [0.15, 0.2) is 5.69 Å². The molecule has 106 valence electrons. The van der Waals surface area contributed by atoms with Gasteiger partial charge in [-0.3, -0.25) is 9.59 Å². The van der Waals surface area contributed by atoms with E-state index < -0.39 is 5.97 Å². The molecule has 0 fully saturated rings. The summed E-state index contributed by atoms with van der Waals surface area (Å²) >= 11 is 4.99. The summed E-state index contributed by atoms with van der Waals surface area (Å²) < 4.78 is 2.16. The van der Waals surface area contributed by atoms with Crippen molar-refractivity contribution in [2.45, 2.75) is 13.0 Å². The van der Waals surface area contributed by atoms with Gasteiger partial charge in [-0.25, -0.2) is 4.68 Å². The second-order valence-electron chi connectivity index (χ2n) is 3.91. The number of carbonyl (C=O) groups is 2. The number of carboxylic acid groups (broad SMARTS) is 1. The van der Waals surface area contributed by atoms with Crippen LogP contribution in [-0.2, 0) is 17.8 Å². The molecular weight excluding hydrogens is 348 g/mol. The van der Waals surface area contributed by atoms with E-state index in [1.165, 1.54) is 6.20 Å². The molecule has 7 nitrogen and oxygen atoms in total. The van der Waals surface area contributed by atoms with Crippen molar-refractivity contribution in [1.82, 2.24) is 20.3 Å². The lowest BCUT2D eigenvalue weighted by atomic mass is 10.3. The molecule has 2 N–H and O–H groups in total. The van der Waals surface area contributed by atoms with Gasteiger partial charge in [-0.05, 0) is 34.5 Å². The van der Waals surface area contributed by atoms with Gasteiger partial charge in [0.25, 0.3) is 5.91 Å². The van der Waals surface area contributed by atoms with Crippen LogP contribution in [0.2, 0.25) is 0 Å². The number of aromatic nitrogens is 3. The standard InChI is InChI=1S/C11H11BrN4O3S/c12-9-2-1-7(20-9)3-4-13-11(19)8-5-16(15-14-8)6-10(17)18/h1-2,5H,3-4,6H2,(H,13,19)(H,17,18). The van der Waals surface area contributed by atoms with Gasteiger partial charge in [-0.1, -0.05) is 5.21 Å². The van der Waals surface area contributed by atoms with Crippen LogP contribution < -0.4 is 5.32 Å². The van der Waals surface area contributed by atoms with Crippen LogP contribution in [0.5, 0.6) is 0 Å². The SMILES string of the molecule is O=C(O)Cn1cc(C(=O)NCCc2ccc(Br)s2)nn1. The average molecular weight is 359 g/mol. The van der Waals surface area contributed by atoms with Crippen molar-refractivity contribution in [2.24, 2.45) is 0 Å². The monoisotopic (exact) mass is 358 g/mol. The van der Waals surface area contributed by atoms with E-state index in [-0.39, 0.29) is 18.1 Å². The Hall–Kier alpha value is -1.74. The molecule has 20 heavy (non-hydrogen) atoms. The fourth-order valence-corrected chi connectivity index (χ4v) is 2.98. The number of hydrogen-bond donors (Lipinski definition) is 2. The summed E-state index contributed by atoms with van der Waals surface area (Å²) in [6.07, 6.45) is 2.04. The van der Waals surface area contributed by atoms with Crippen molar-refractivity contribution in [3.8, 4) is 0 Å². The molecule has 0 radical (unpaired) electrons. The molecule has 0 bridgehead atoms.